The maximum atomic E-state index is 10.9. The summed E-state index contributed by atoms with van der Waals surface area (Å²) in [5.74, 6) is 0. The Balaban J connectivity index is 2.80. The molecule has 1 rings (SSSR count). The Bertz CT molecular complexity index is 405. The molecule has 0 saturated heterocycles. The number of rotatable bonds is 6. The molecule has 0 bridgehead atoms. The van der Waals surface area contributed by atoms with Gasteiger partial charge in [-0.2, -0.15) is 0 Å². The van der Waals surface area contributed by atoms with Crippen LogP contribution in [-0.4, -0.2) is 23.0 Å². The summed E-state index contributed by atoms with van der Waals surface area (Å²) in [6.45, 7) is 7.37. The van der Waals surface area contributed by atoms with Crippen molar-refractivity contribution in [3.8, 4) is 0 Å². The van der Waals surface area contributed by atoms with Crippen molar-refractivity contribution in [3.05, 3.63) is 33.1 Å². The zero-order valence-electron chi connectivity index (χ0n) is 10.6. The molecule has 0 aliphatic rings. The third-order valence-electron chi connectivity index (χ3n) is 2.72. The Labute approximate surface area is 101 Å². The first-order valence-corrected chi connectivity index (χ1v) is 5.88. The Hall–Kier alpha value is -1.49. The van der Waals surface area contributed by atoms with E-state index in [1.165, 1.54) is 0 Å². The van der Waals surface area contributed by atoms with Gasteiger partial charge in [-0.1, -0.05) is 6.92 Å². The lowest BCUT2D eigenvalue weighted by atomic mass is 10.1. The van der Waals surface area contributed by atoms with Crippen LogP contribution in [0, 0.1) is 24.0 Å². The van der Waals surface area contributed by atoms with Crippen LogP contribution in [0.25, 0.3) is 0 Å². The van der Waals surface area contributed by atoms with Gasteiger partial charge in [0.25, 0.3) is 5.69 Å². The van der Waals surface area contributed by atoms with Crippen LogP contribution in [0.5, 0.6) is 0 Å². The van der Waals surface area contributed by atoms with E-state index in [1.807, 2.05) is 0 Å². The first-order chi connectivity index (χ1) is 8.07. The zero-order chi connectivity index (χ0) is 12.8. The van der Waals surface area contributed by atoms with Crippen LogP contribution in [0.4, 0.5) is 5.69 Å². The standard InChI is InChI=1S/C12H19N3O2/c1-4-6-13-7-5-11-10(3)12(15(16)17)9(2)8-14-11/h8,13H,4-7H2,1-3H3. The smallest absolute Gasteiger partial charge is 0.278 e. The van der Waals surface area contributed by atoms with Gasteiger partial charge in [-0.15, -0.1) is 0 Å². The Morgan fingerprint density at radius 3 is 2.71 bits per heavy atom. The van der Waals surface area contributed by atoms with Crippen molar-refractivity contribution in [3.63, 3.8) is 0 Å². The third-order valence-corrected chi connectivity index (χ3v) is 2.72. The first kappa shape index (κ1) is 13.6. The summed E-state index contributed by atoms with van der Waals surface area (Å²) in [5.41, 5.74) is 2.32. The lowest BCUT2D eigenvalue weighted by molar-refractivity contribution is -0.386. The van der Waals surface area contributed by atoms with Gasteiger partial charge < -0.3 is 5.32 Å². The maximum absolute atomic E-state index is 10.9. The van der Waals surface area contributed by atoms with E-state index in [-0.39, 0.29) is 10.6 Å². The molecule has 0 amide bonds. The largest absolute Gasteiger partial charge is 0.316 e. The van der Waals surface area contributed by atoms with Crippen LogP contribution in [0.3, 0.4) is 0 Å². The second-order valence-corrected chi connectivity index (χ2v) is 4.12. The molecule has 0 aliphatic heterocycles. The number of pyridine rings is 1. The summed E-state index contributed by atoms with van der Waals surface area (Å²) < 4.78 is 0. The number of nitro groups is 1. The highest BCUT2D eigenvalue weighted by atomic mass is 16.6. The van der Waals surface area contributed by atoms with Gasteiger partial charge in [0.2, 0.25) is 0 Å². The van der Waals surface area contributed by atoms with Gasteiger partial charge in [0.1, 0.15) is 0 Å². The molecule has 0 aliphatic carbocycles. The predicted molar refractivity (Wildman–Crippen MR) is 67.2 cm³/mol. The molecule has 94 valence electrons. The Morgan fingerprint density at radius 1 is 1.41 bits per heavy atom. The van der Waals surface area contributed by atoms with Gasteiger partial charge in [0, 0.05) is 30.3 Å². The summed E-state index contributed by atoms with van der Waals surface area (Å²) in [6.07, 6.45) is 3.40. The highest BCUT2D eigenvalue weighted by Gasteiger charge is 2.18. The van der Waals surface area contributed by atoms with Gasteiger partial charge in [-0.25, -0.2) is 0 Å². The molecule has 0 spiro atoms. The van der Waals surface area contributed by atoms with Crippen LogP contribution in [0.1, 0.15) is 30.2 Å². The van der Waals surface area contributed by atoms with Crippen molar-refractivity contribution in [1.29, 1.82) is 0 Å². The van der Waals surface area contributed by atoms with E-state index in [2.05, 4.69) is 17.2 Å². The molecule has 5 nitrogen and oxygen atoms in total. The molecule has 1 N–H and O–H groups in total. The summed E-state index contributed by atoms with van der Waals surface area (Å²) in [7, 11) is 0. The predicted octanol–water partition coefficient (Wildman–Crippen LogP) is 2.15. The number of aryl methyl sites for hydroxylation is 1. The molecule has 0 saturated carbocycles. The fraction of sp³-hybridized carbons (Fsp3) is 0.583. The first-order valence-electron chi connectivity index (χ1n) is 5.88. The van der Waals surface area contributed by atoms with E-state index in [9.17, 15) is 10.1 Å². The SMILES string of the molecule is CCCNCCc1ncc(C)c([N+](=O)[O-])c1C. The zero-order valence-corrected chi connectivity index (χ0v) is 10.6. The van der Waals surface area contributed by atoms with E-state index < -0.39 is 0 Å². The molecule has 0 fully saturated rings. The van der Waals surface area contributed by atoms with Crippen molar-refractivity contribution in [2.24, 2.45) is 0 Å². The summed E-state index contributed by atoms with van der Waals surface area (Å²) in [4.78, 5) is 14.9. The van der Waals surface area contributed by atoms with E-state index in [1.54, 1.807) is 20.0 Å². The van der Waals surface area contributed by atoms with Crippen LogP contribution >= 0.6 is 0 Å². The number of aromatic nitrogens is 1. The van der Waals surface area contributed by atoms with E-state index in [4.69, 9.17) is 0 Å². The van der Waals surface area contributed by atoms with Crippen molar-refractivity contribution >= 4 is 5.69 Å². The maximum Gasteiger partial charge on any atom is 0.278 e. The highest BCUT2D eigenvalue weighted by Crippen LogP contribution is 2.23. The second kappa shape index (κ2) is 6.30. The van der Waals surface area contributed by atoms with Crippen LogP contribution in [0.2, 0.25) is 0 Å². The number of nitrogens with one attached hydrogen (secondary N) is 1. The summed E-state index contributed by atoms with van der Waals surface area (Å²) >= 11 is 0. The van der Waals surface area contributed by atoms with Gasteiger partial charge in [-0.3, -0.25) is 15.1 Å². The van der Waals surface area contributed by atoms with Crippen molar-refractivity contribution in [2.75, 3.05) is 13.1 Å². The molecule has 17 heavy (non-hydrogen) atoms. The average molecular weight is 237 g/mol. The Morgan fingerprint density at radius 2 is 2.12 bits per heavy atom. The van der Waals surface area contributed by atoms with Gasteiger partial charge in [-0.05, 0) is 26.8 Å². The van der Waals surface area contributed by atoms with Crippen molar-refractivity contribution in [2.45, 2.75) is 33.6 Å². The molecular weight excluding hydrogens is 218 g/mol. The normalized spacial score (nSPS) is 10.5. The molecule has 0 aromatic carbocycles. The molecule has 1 aromatic heterocycles. The van der Waals surface area contributed by atoms with Crippen LogP contribution in [-0.2, 0) is 6.42 Å². The topological polar surface area (TPSA) is 68.1 Å². The average Bonchev–Trinajstić information content (AvgIpc) is 2.26. The fourth-order valence-corrected chi connectivity index (χ4v) is 1.81. The molecule has 0 atom stereocenters. The van der Waals surface area contributed by atoms with Crippen LogP contribution < -0.4 is 5.32 Å². The van der Waals surface area contributed by atoms with Gasteiger partial charge in [0.15, 0.2) is 0 Å². The minimum absolute atomic E-state index is 0.200. The number of hydrogen-bond donors (Lipinski definition) is 1. The van der Waals surface area contributed by atoms with Crippen molar-refractivity contribution in [1.82, 2.24) is 10.3 Å². The van der Waals surface area contributed by atoms with Crippen LogP contribution in [0.15, 0.2) is 6.20 Å². The molecule has 1 heterocycles. The van der Waals surface area contributed by atoms with Crippen molar-refractivity contribution < 1.29 is 4.92 Å². The summed E-state index contributed by atoms with van der Waals surface area (Å²) in [6, 6.07) is 0. The number of hydrogen-bond acceptors (Lipinski definition) is 4. The fourth-order valence-electron chi connectivity index (χ4n) is 1.81. The summed E-state index contributed by atoms with van der Waals surface area (Å²) in [5, 5.41) is 14.2. The minimum atomic E-state index is -0.324. The Kier molecular flexibility index (Phi) is 5.03. The molecule has 5 heteroatoms. The highest BCUT2D eigenvalue weighted by molar-refractivity contribution is 5.47. The molecule has 0 radical (unpaired) electrons. The van der Waals surface area contributed by atoms with Gasteiger partial charge >= 0.3 is 0 Å². The lowest BCUT2D eigenvalue weighted by Crippen LogP contribution is -2.19. The number of nitrogens with zero attached hydrogens (tertiary/aromatic N) is 2. The third kappa shape index (κ3) is 3.49. The molecular formula is C12H19N3O2. The monoisotopic (exact) mass is 237 g/mol. The van der Waals surface area contributed by atoms with E-state index in [0.717, 1.165) is 31.6 Å². The minimum Gasteiger partial charge on any atom is -0.316 e. The van der Waals surface area contributed by atoms with E-state index >= 15 is 0 Å². The quantitative estimate of drug-likeness (QED) is 0.467. The molecule has 0 unspecified atom stereocenters. The van der Waals surface area contributed by atoms with E-state index in [0.29, 0.717) is 11.1 Å². The second-order valence-electron chi connectivity index (χ2n) is 4.12. The molecule has 1 aromatic rings. The lowest BCUT2D eigenvalue weighted by Gasteiger charge is -2.07. The van der Waals surface area contributed by atoms with Gasteiger partial charge in [0.05, 0.1) is 10.6 Å².